The number of aromatic nitrogens is 2. The lowest BCUT2D eigenvalue weighted by Gasteiger charge is -2.10. The minimum atomic E-state index is -3.52. The van der Waals surface area contributed by atoms with Gasteiger partial charge in [-0.25, -0.2) is 17.7 Å². The molecule has 7 nitrogen and oxygen atoms in total. The van der Waals surface area contributed by atoms with Crippen molar-refractivity contribution in [2.45, 2.75) is 17.7 Å². The number of hydrogen-bond acceptors (Lipinski definition) is 4. The van der Waals surface area contributed by atoms with E-state index in [9.17, 15) is 13.2 Å². The van der Waals surface area contributed by atoms with Crippen LogP contribution in [0.15, 0.2) is 51.8 Å². The van der Waals surface area contributed by atoms with Gasteiger partial charge in [0.2, 0.25) is 15.9 Å². The average Bonchev–Trinajstić information content (AvgIpc) is 2.97. The molecule has 0 fully saturated rings. The van der Waals surface area contributed by atoms with Gasteiger partial charge in [-0.05, 0) is 42.5 Å². The van der Waals surface area contributed by atoms with Crippen LogP contribution in [0.25, 0.3) is 11.0 Å². The van der Waals surface area contributed by atoms with Gasteiger partial charge in [0.1, 0.15) is 5.82 Å². The van der Waals surface area contributed by atoms with E-state index in [4.69, 9.17) is 0 Å². The van der Waals surface area contributed by atoms with E-state index in [1.807, 2.05) is 35.9 Å². The summed E-state index contributed by atoms with van der Waals surface area (Å²) in [4.78, 5) is 16.9. The number of nitrogens with zero attached hydrogens (tertiary/aromatic N) is 3. The number of rotatable bonds is 6. The third-order valence-corrected chi connectivity index (χ3v) is 6.77. The van der Waals surface area contributed by atoms with Crippen molar-refractivity contribution in [3.63, 3.8) is 0 Å². The van der Waals surface area contributed by atoms with Crippen LogP contribution in [0, 0.1) is 0 Å². The molecule has 9 heteroatoms. The van der Waals surface area contributed by atoms with Crippen molar-refractivity contribution in [1.29, 1.82) is 0 Å². The Morgan fingerprint density at radius 2 is 1.86 bits per heavy atom. The second-order valence-corrected chi connectivity index (χ2v) is 9.65. The summed E-state index contributed by atoms with van der Waals surface area (Å²) in [6.45, 7) is 0. The highest BCUT2D eigenvalue weighted by Crippen LogP contribution is 2.22. The molecule has 1 heterocycles. The van der Waals surface area contributed by atoms with Crippen LogP contribution in [0.1, 0.15) is 12.2 Å². The molecule has 0 saturated heterocycles. The van der Waals surface area contributed by atoms with E-state index in [0.29, 0.717) is 11.9 Å². The Morgan fingerprint density at radius 3 is 2.50 bits per heavy atom. The first-order valence-corrected chi connectivity index (χ1v) is 10.8. The molecule has 28 heavy (non-hydrogen) atoms. The molecule has 3 aromatic rings. The first-order valence-electron chi connectivity index (χ1n) is 8.62. The molecule has 0 aliphatic carbocycles. The molecular formula is C19H21BrN4O3S. The van der Waals surface area contributed by atoms with E-state index in [0.717, 1.165) is 21.5 Å². The second-order valence-electron chi connectivity index (χ2n) is 6.58. The van der Waals surface area contributed by atoms with Crippen LogP contribution in [0.3, 0.4) is 0 Å². The van der Waals surface area contributed by atoms with E-state index in [-0.39, 0.29) is 17.2 Å². The molecule has 0 radical (unpaired) electrons. The minimum absolute atomic E-state index is 0.106. The summed E-state index contributed by atoms with van der Waals surface area (Å²) < 4.78 is 28.6. The molecule has 1 N–H and O–H groups in total. The topological polar surface area (TPSA) is 84.3 Å². The lowest BCUT2D eigenvalue weighted by molar-refractivity contribution is -0.116. The summed E-state index contributed by atoms with van der Waals surface area (Å²) >= 11 is 3.36. The molecule has 3 rings (SSSR count). The van der Waals surface area contributed by atoms with Crippen LogP contribution in [0.4, 0.5) is 5.69 Å². The van der Waals surface area contributed by atoms with Gasteiger partial charge in [0.05, 0.1) is 15.9 Å². The van der Waals surface area contributed by atoms with E-state index in [1.54, 1.807) is 18.2 Å². The number of sulfonamides is 1. The number of fused-ring (bicyclic) bond motifs is 1. The summed E-state index contributed by atoms with van der Waals surface area (Å²) in [6, 6.07) is 12.2. The molecule has 0 aliphatic rings. The molecule has 1 amide bonds. The van der Waals surface area contributed by atoms with Gasteiger partial charge in [0.25, 0.3) is 0 Å². The van der Waals surface area contributed by atoms with Crippen molar-refractivity contribution in [3.8, 4) is 0 Å². The maximum Gasteiger partial charge on any atom is 0.242 e. The second kappa shape index (κ2) is 8.02. The molecule has 148 valence electrons. The van der Waals surface area contributed by atoms with Crippen molar-refractivity contribution < 1.29 is 13.2 Å². The van der Waals surface area contributed by atoms with Crippen molar-refractivity contribution in [1.82, 2.24) is 13.9 Å². The highest BCUT2D eigenvalue weighted by Gasteiger charge is 2.19. The fourth-order valence-corrected chi connectivity index (χ4v) is 3.99. The Bertz CT molecular complexity index is 1120. The molecule has 0 spiro atoms. The molecule has 2 aromatic carbocycles. The molecule has 0 atom stereocenters. The highest BCUT2D eigenvalue weighted by atomic mass is 79.9. The van der Waals surface area contributed by atoms with Crippen LogP contribution in [0.2, 0.25) is 0 Å². The third kappa shape index (κ3) is 4.26. The van der Waals surface area contributed by atoms with Gasteiger partial charge in [-0.1, -0.05) is 15.9 Å². The number of anilines is 1. The van der Waals surface area contributed by atoms with Gasteiger partial charge in [0, 0.05) is 44.1 Å². The summed E-state index contributed by atoms with van der Waals surface area (Å²) in [5.41, 5.74) is 2.14. The lowest BCUT2D eigenvalue weighted by Crippen LogP contribution is -2.22. The van der Waals surface area contributed by atoms with Crippen LogP contribution >= 0.6 is 15.9 Å². The smallest absolute Gasteiger partial charge is 0.242 e. The van der Waals surface area contributed by atoms with Crippen molar-refractivity contribution >= 4 is 48.6 Å². The Labute approximate surface area is 172 Å². The molecule has 1 aromatic heterocycles. The number of amides is 1. The molecule has 0 unspecified atom stereocenters. The summed E-state index contributed by atoms with van der Waals surface area (Å²) in [7, 11) is 1.33. The SMILES string of the molecule is CN(C)S(=O)(=O)c1ccc2c(c1)nc(CCC(=O)Nc1ccc(Br)cc1)n2C. The minimum Gasteiger partial charge on any atom is -0.331 e. The molecular weight excluding hydrogens is 444 g/mol. The van der Waals surface area contributed by atoms with Gasteiger partial charge in [-0.3, -0.25) is 4.79 Å². The summed E-state index contributed by atoms with van der Waals surface area (Å²) in [5.74, 6) is 0.616. The van der Waals surface area contributed by atoms with Gasteiger partial charge >= 0.3 is 0 Å². The van der Waals surface area contributed by atoms with Crippen LogP contribution < -0.4 is 5.32 Å². The highest BCUT2D eigenvalue weighted by molar-refractivity contribution is 9.10. The third-order valence-electron chi connectivity index (χ3n) is 4.43. The standard InChI is InChI=1S/C19H21BrN4O3S/c1-23(2)28(26,27)15-8-9-17-16(12-15)22-18(24(17)3)10-11-19(25)21-14-6-4-13(20)5-7-14/h4-9,12H,10-11H2,1-3H3,(H,21,25). The van der Waals surface area contributed by atoms with Gasteiger partial charge in [-0.2, -0.15) is 0 Å². The Kier molecular flexibility index (Phi) is 5.87. The molecule has 0 aliphatic heterocycles. The van der Waals surface area contributed by atoms with Gasteiger partial charge < -0.3 is 9.88 Å². The number of carbonyl (C=O) groups excluding carboxylic acids is 1. The van der Waals surface area contributed by atoms with Crippen molar-refractivity contribution in [2.75, 3.05) is 19.4 Å². The number of aryl methyl sites for hydroxylation is 2. The number of hydrogen-bond donors (Lipinski definition) is 1. The number of nitrogens with one attached hydrogen (secondary N) is 1. The quantitative estimate of drug-likeness (QED) is 0.606. The predicted molar refractivity (Wildman–Crippen MR) is 113 cm³/mol. The van der Waals surface area contributed by atoms with E-state index in [2.05, 4.69) is 26.2 Å². The van der Waals surface area contributed by atoms with E-state index in [1.165, 1.54) is 18.4 Å². The maximum atomic E-state index is 12.3. The maximum absolute atomic E-state index is 12.3. The molecule has 0 saturated carbocycles. The van der Waals surface area contributed by atoms with Crippen LogP contribution in [-0.4, -0.2) is 42.3 Å². The summed E-state index contributed by atoms with van der Waals surface area (Å²) in [6.07, 6.45) is 0.722. The van der Waals surface area contributed by atoms with Gasteiger partial charge in [0.15, 0.2) is 0 Å². The fraction of sp³-hybridized carbons (Fsp3) is 0.263. The Balaban J connectivity index is 1.75. The predicted octanol–water partition coefficient (Wildman–Crippen LogP) is 3.16. The zero-order valence-electron chi connectivity index (χ0n) is 15.8. The van der Waals surface area contributed by atoms with Gasteiger partial charge in [-0.15, -0.1) is 0 Å². The number of imidazole rings is 1. The Hall–Kier alpha value is -2.23. The number of carbonyl (C=O) groups is 1. The summed E-state index contributed by atoms with van der Waals surface area (Å²) in [5, 5.41) is 2.85. The van der Waals surface area contributed by atoms with Crippen molar-refractivity contribution in [2.24, 2.45) is 7.05 Å². The average molecular weight is 465 g/mol. The first-order chi connectivity index (χ1) is 13.2. The normalized spacial score (nSPS) is 11.9. The van der Waals surface area contributed by atoms with E-state index < -0.39 is 10.0 Å². The van der Waals surface area contributed by atoms with Crippen molar-refractivity contribution in [3.05, 3.63) is 52.8 Å². The monoisotopic (exact) mass is 464 g/mol. The van der Waals surface area contributed by atoms with E-state index >= 15 is 0 Å². The zero-order chi connectivity index (χ0) is 20.5. The lowest BCUT2D eigenvalue weighted by atomic mass is 10.2. The fourth-order valence-electron chi connectivity index (χ4n) is 2.81. The number of benzene rings is 2. The number of halogens is 1. The van der Waals surface area contributed by atoms with Crippen LogP contribution in [0.5, 0.6) is 0 Å². The van der Waals surface area contributed by atoms with Crippen LogP contribution in [-0.2, 0) is 28.3 Å². The first kappa shape index (κ1) is 20.5. The Morgan fingerprint density at radius 1 is 1.18 bits per heavy atom. The molecule has 0 bridgehead atoms. The zero-order valence-corrected chi connectivity index (χ0v) is 18.2. The largest absolute Gasteiger partial charge is 0.331 e.